The maximum absolute atomic E-state index is 11.6. The Morgan fingerprint density at radius 2 is 2.25 bits per heavy atom. The second kappa shape index (κ2) is 9.46. The summed E-state index contributed by atoms with van der Waals surface area (Å²) in [7, 11) is 0. The third-order valence-electron chi connectivity index (χ3n) is 3.33. The molecule has 1 aromatic rings. The lowest BCUT2D eigenvalue weighted by Crippen LogP contribution is -2.37. The van der Waals surface area contributed by atoms with E-state index in [2.05, 4.69) is 26.9 Å². The number of hydrogen-bond donors (Lipinski definition) is 3. The Balaban J connectivity index is 1.86. The van der Waals surface area contributed by atoms with E-state index in [9.17, 15) is 4.79 Å². The Bertz CT molecular complexity index is 618. The second-order valence-electron chi connectivity index (χ2n) is 5.53. The highest BCUT2D eigenvalue weighted by atomic mass is 16.5. The number of benzene rings is 1. The summed E-state index contributed by atoms with van der Waals surface area (Å²) in [5.74, 6) is 3.78. The van der Waals surface area contributed by atoms with Crippen molar-refractivity contribution >= 4 is 11.9 Å². The summed E-state index contributed by atoms with van der Waals surface area (Å²) < 4.78 is 5.54. The van der Waals surface area contributed by atoms with Crippen LogP contribution < -0.4 is 20.7 Å². The van der Waals surface area contributed by atoms with Crippen LogP contribution in [0.1, 0.15) is 25.3 Å². The first kappa shape index (κ1) is 17.7. The fourth-order valence-corrected chi connectivity index (χ4v) is 2.03. The Morgan fingerprint density at radius 1 is 1.42 bits per heavy atom. The summed E-state index contributed by atoms with van der Waals surface area (Å²) >= 11 is 0. The standard InChI is InChI=1S/C18H24N4O2/c1-3-10-20-18(19-4-2)21-12-14-6-5-7-16(11-14)24-13-17(23)22-15-8-9-15/h1,5-7,11,15H,4,8-10,12-13H2,2H3,(H,22,23)(H2,19,20,21). The molecule has 0 spiro atoms. The number of carbonyl (C=O) groups is 1. The van der Waals surface area contributed by atoms with E-state index in [-0.39, 0.29) is 12.5 Å². The molecule has 0 heterocycles. The Labute approximate surface area is 143 Å². The fourth-order valence-electron chi connectivity index (χ4n) is 2.03. The van der Waals surface area contributed by atoms with Gasteiger partial charge in [0, 0.05) is 12.6 Å². The molecule has 1 fully saturated rings. The molecule has 1 saturated carbocycles. The molecule has 24 heavy (non-hydrogen) atoms. The first-order valence-electron chi connectivity index (χ1n) is 8.18. The minimum absolute atomic E-state index is 0.0373. The lowest BCUT2D eigenvalue weighted by atomic mass is 10.2. The van der Waals surface area contributed by atoms with Gasteiger partial charge in [-0.3, -0.25) is 4.79 Å². The number of guanidine groups is 1. The number of carbonyl (C=O) groups excluding carboxylic acids is 1. The van der Waals surface area contributed by atoms with Crippen molar-refractivity contribution in [3.63, 3.8) is 0 Å². The predicted molar refractivity (Wildman–Crippen MR) is 94.8 cm³/mol. The molecule has 128 valence electrons. The van der Waals surface area contributed by atoms with Crippen molar-refractivity contribution in [3.8, 4) is 18.1 Å². The highest BCUT2D eigenvalue weighted by Crippen LogP contribution is 2.18. The van der Waals surface area contributed by atoms with Gasteiger partial charge in [0.05, 0.1) is 13.1 Å². The third-order valence-corrected chi connectivity index (χ3v) is 3.33. The molecular weight excluding hydrogens is 304 g/mol. The van der Waals surface area contributed by atoms with Crippen molar-refractivity contribution in [1.82, 2.24) is 16.0 Å². The number of hydrogen-bond acceptors (Lipinski definition) is 3. The lowest BCUT2D eigenvalue weighted by molar-refractivity contribution is -0.123. The van der Waals surface area contributed by atoms with Crippen LogP contribution in [0.2, 0.25) is 0 Å². The van der Waals surface area contributed by atoms with Crippen LogP contribution in [0, 0.1) is 12.3 Å². The molecule has 3 N–H and O–H groups in total. The molecule has 6 nitrogen and oxygen atoms in total. The average Bonchev–Trinajstić information content (AvgIpc) is 3.40. The molecule has 0 aromatic heterocycles. The zero-order valence-electron chi connectivity index (χ0n) is 14.0. The van der Waals surface area contributed by atoms with Crippen molar-refractivity contribution in [1.29, 1.82) is 0 Å². The number of ether oxygens (including phenoxy) is 1. The smallest absolute Gasteiger partial charge is 0.258 e. The molecule has 0 aliphatic heterocycles. The van der Waals surface area contributed by atoms with Crippen LogP contribution in [0.5, 0.6) is 5.75 Å². The minimum Gasteiger partial charge on any atom is -0.484 e. The van der Waals surface area contributed by atoms with E-state index in [1.807, 2.05) is 31.2 Å². The van der Waals surface area contributed by atoms with Crippen LogP contribution >= 0.6 is 0 Å². The molecule has 1 aromatic carbocycles. The van der Waals surface area contributed by atoms with E-state index < -0.39 is 0 Å². The van der Waals surface area contributed by atoms with Gasteiger partial charge in [-0.15, -0.1) is 6.42 Å². The van der Waals surface area contributed by atoms with E-state index in [4.69, 9.17) is 11.2 Å². The molecule has 0 radical (unpaired) electrons. The maximum atomic E-state index is 11.6. The van der Waals surface area contributed by atoms with E-state index in [0.717, 1.165) is 24.9 Å². The third kappa shape index (κ3) is 6.61. The molecule has 0 bridgehead atoms. The van der Waals surface area contributed by atoms with E-state index in [1.54, 1.807) is 0 Å². The summed E-state index contributed by atoms with van der Waals surface area (Å²) in [6.45, 7) is 3.70. The summed E-state index contributed by atoms with van der Waals surface area (Å²) in [5.41, 5.74) is 0.994. The highest BCUT2D eigenvalue weighted by molar-refractivity contribution is 5.80. The lowest BCUT2D eigenvalue weighted by Gasteiger charge is -2.10. The summed E-state index contributed by atoms with van der Waals surface area (Å²) in [6, 6.07) is 7.92. The highest BCUT2D eigenvalue weighted by Gasteiger charge is 2.23. The average molecular weight is 328 g/mol. The van der Waals surface area contributed by atoms with Gasteiger partial charge in [-0.2, -0.15) is 0 Å². The van der Waals surface area contributed by atoms with Crippen LogP contribution in [0.4, 0.5) is 0 Å². The Morgan fingerprint density at radius 3 is 2.96 bits per heavy atom. The quantitative estimate of drug-likeness (QED) is 0.379. The predicted octanol–water partition coefficient (Wildman–Crippen LogP) is 1.03. The molecule has 0 saturated heterocycles. The van der Waals surface area contributed by atoms with Crippen LogP contribution in [-0.4, -0.2) is 37.6 Å². The van der Waals surface area contributed by atoms with Crippen LogP contribution in [-0.2, 0) is 11.3 Å². The Kier molecular flexibility index (Phi) is 6.96. The molecule has 1 amide bonds. The second-order valence-corrected chi connectivity index (χ2v) is 5.53. The van der Waals surface area contributed by atoms with Crippen molar-refractivity contribution in [3.05, 3.63) is 29.8 Å². The van der Waals surface area contributed by atoms with E-state index in [0.29, 0.717) is 30.8 Å². The van der Waals surface area contributed by atoms with Crippen LogP contribution in [0.25, 0.3) is 0 Å². The summed E-state index contributed by atoms with van der Waals surface area (Å²) in [5, 5.41) is 9.06. The molecule has 6 heteroatoms. The van der Waals surface area contributed by atoms with Gasteiger partial charge in [0.15, 0.2) is 12.6 Å². The largest absolute Gasteiger partial charge is 0.484 e. The first-order valence-corrected chi connectivity index (χ1v) is 8.18. The Hall–Kier alpha value is -2.68. The van der Waals surface area contributed by atoms with Crippen molar-refractivity contribution in [2.75, 3.05) is 19.7 Å². The number of rotatable bonds is 8. The van der Waals surface area contributed by atoms with Crippen molar-refractivity contribution in [2.45, 2.75) is 32.4 Å². The number of amides is 1. The molecule has 1 aliphatic rings. The van der Waals surface area contributed by atoms with E-state index in [1.165, 1.54) is 0 Å². The fraction of sp³-hybridized carbons (Fsp3) is 0.444. The molecule has 0 unspecified atom stereocenters. The monoisotopic (exact) mass is 328 g/mol. The number of nitrogens with zero attached hydrogens (tertiary/aromatic N) is 1. The van der Waals surface area contributed by atoms with E-state index >= 15 is 0 Å². The van der Waals surface area contributed by atoms with Gasteiger partial charge in [-0.25, -0.2) is 4.99 Å². The van der Waals surface area contributed by atoms with Gasteiger partial charge in [-0.1, -0.05) is 18.1 Å². The van der Waals surface area contributed by atoms with Gasteiger partial charge in [0.25, 0.3) is 5.91 Å². The van der Waals surface area contributed by atoms with Gasteiger partial charge in [0.2, 0.25) is 0 Å². The van der Waals surface area contributed by atoms with Gasteiger partial charge >= 0.3 is 0 Å². The summed E-state index contributed by atoms with van der Waals surface area (Å²) in [6.07, 6.45) is 7.39. The topological polar surface area (TPSA) is 74.8 Å². The number of terminal acetylenes is 1. The maximum Gasteiger partial charge on any atom is 0.258 e. The molecule has 0 atom stereocenters. The summed E-state index contributed by atoms with van der Waals surface area (Å²) in [4.78, 5) is 16.1. The van der Waals surface area contributed by atoms with Crippen molar-refractivity contribution in [2.24, 2.45) is 4.99 Å². The van der Waals surface area contributed by atoms with Gasteiger partial charge in [-0.05, 0) is 37.5 Å². The van der Waals surface area contributed by atoms with Crippen molar-refractivity contribution < 1.29 is 9.53 Å². The zero-order valence-corrected chi connectivity index (χ0v) is 14.0. The van der Waals surface area contributed by atoms with Crippen LogP contribution in [0.15, 0.2) is 29.3 Å². The zero-order chi connectivity index (χ0) is 17.2. The van der Waals surface area contributed by atoms with Gasteiger partial charge < -0.3 is 20.7 Å². The minimum atomic E-state index is -0.0751. The van der Waals surface area contributed by atoms with Gasteiger partial charge in [0.1, 0.15) is 5.75 Å². The SMILES string of the molecule is C#CCNC(=NCc1cccc(OCC(=O)NC2CC2)c1)NCC. The number of aliphatic imine (C=N–C) groups is 1. The first-order chi connectivity index (χ1) is 11.7. The van der Waals surface area contributed by atoms with Crippen LogP contribution in [0.3, 0.4) is 0 Å². The normalized spacial score (nSPS) is 13.8. The molecule has 2 rings (SSSR count). The number of nitrogens with one attached hydrogen (secondary N) is 3. The molecule has 1 aliphatic carbocycles. The molecular formula is C18H24N4O2.